The first-order valence-electron chi connectivity index (χ1n) is 5.12. The van der Waals surface area contributed by atoms with Crippen LogP contribution >= 0.6 is 12.2 Å². The Morgan fingerprint density at radius 3 is 3.00 bits per heavy atom. The van der Waals surface area contributed by atoms with Gasteiger partial charge in [-0.05, 0) is 37.6 Å². The summed E-state index contributed by atoms with van der Waals surface area (Å²) in [7, 11) is 2.15. The average Bonchev–Trinajstić information content (AvgIpc) is 3.01. The number of hydrogen-bond acceptors (Lipinski definition) is 3. The molecule has 3 nitrogen and oxygen atoms in total. The van der Waals surface area contributed by atoms with Gasteiger partial charge in [0.1, 0.15) is 4.99 Å². The molecule has 1 fully saturated rings. The van der Waals surface area contributed by atoms with Crippen LogP contribution in [0.3, 0.4) is 0 Å². The summed E-state index contributed by atoms with van der Waals surface area (Å²) in [6, 6.07) is 4.76. The third kappa shape index (κ3) is 2.73. The van der Waals surface area contributed by atoms with Crippen LogP contribution in [0.4, 0.5) is 0 Å². The molecule has 1 aliphatic rings. The van der Waals surface area contributed by atoms with E-state index >= 15 is 0 Å². The maximum absolute atomic E-state index is 5.54. The third-order valence-corrected chi connectivity index (χ3v) is 2.89. The zero-order valence-corrected chi connectivity index (χ0v) is 9.63. The lowest BCUT2D eigenvalue weighted by Gasteiger charge is -2.15. The van der Waals surface area contributed by atoms with Crippen molar-refractivity contribution in [3.8, 4) is 0 Å². The summed E-state index contributed by atoms with van der Waals surface area (Å²) in [5.41, 5.74) is 7.48. The van der Waals surface area contributed by atoms with Gasteiger partial charge >= 0.3 is 0 Å². The summed E-state index contributed by atoms with van der Waals surface area (Å²) in [4.78, 5) is 6.85. The van der Waals surface area contributed by atoms with Crippen LogP contribution in [0, 0.1) is 0 Å². The SMILES string of the molecule is CN(Cc1ccnc(C(N)=S)c1)C1CC1. The predicted molar refractivity (Wildman–Crippen MR) is 64.6 cm³/mol. The van der Waals surface area contributed by atoms with Crippen molar-refractivity contribution in [2.24, 2.45) is 5.73 Å². The van der Waals surface area contributed by atoms with Crippen molar-refractivity contribution >= 4 is 17.2 Å². The Kier molecular flexibility index (Phi) is 2.98. The fourth-order valence-corrected chi connectivity index (χ4v) is 1.75. The lowest BCUT2D eigenvalue weighted by Crippen LogP contribution is -2.20. The molecule has 0 aliphatic heterocycles. The molecule has 0 atom stereocenters. The Labute approximate surface area is 95.3 Å². The van der Waals surface area contributed by atoms with Gasteiger partial charge in [0.25, 0.3) is 0 Å². The summed E-state index contributed by atoms with van der Waals surface area (Å²) in [5, 5.41) is 0. The van der Waals surface area contributed by atoms with Gasteiger partial charge in [-0.15, -0.1) is 0 Å². The molecule has 1 heterocycles. The van der Waals surface area contributed by atoms with E-state index in [0.717, 1.165) is 12.6 Å². The minimum absolute atomic E-state index is 0.367. The van der Waals surface area contributed by atoms with Crippen LogP contribution < -0.4 is 5.73 Å². The zero-order chi connectivity index (χ0) is 10.8. The summed E-state index contributed by atoms with van der Waals surface area (Å²) in [5.74, 6) is 0. The van der Waals surface area contributed by atoms with Crippen molar-refractivity contribution in [2.45, 2.75) is 25.4 Å². The molecular formula is C11H15N3S. The van der Waals surface area contributed by atoms with Gasteiger partial charge in [-0.3, -0.25) is 9.88 Å². The molecule has 1 aliphatic carbocycles. The van der Waals surface area contributed by atoms with Gasteiger partial charge in [-0.2, -0.15) is 0 Å². The van der Waals surface area contributed by atoms with Gasteiger partial charge in [-0.25, -0.2) is 0 Å². The number of rotatable bonds is 4. The lowest BCUT2D eigenvalue weighted by atomic mass is 10.2. The fourth-order valence-electron chi connectivity index (χ4n) is 1.64. The Bertz CT molecular complexity index is 374. The molecule has 0 aromatic carbocycles. The quantitative estimate of drug-likeness (QED) is 0.778. The van der Waals surface area contributed by atoms with E-state index in [1.807, 2.05) is 12.1 Å². The van der Waals surface area contributed by atoms with Crippen LogP contribution in [0.2, 0.25) is 0 Å². The van der Waals surface area contributed by atoms with Crippen molar-refractivity contribution in [3.05, 3.63) is 29.6 Å². The first kappa shape index (κ1) is 10.5. The van der Waals surface area contributed by atoms with Crippen molar-refractivity contribution in [3.63, 3.8) is 0 Å². The molecule has 1 aromatic heterocycles. The van der Waals surface area contributed by atoms with Crippen LogP contribution in [0.25, 0.3) is 0 Å². The molecule has 15 heavy (non-hydrogen) atoms. The normalized spacial score (nSPS) is 15.6. The first-order valence-corrected chi connectivity index (χ1v) is 5.52. The molecule has 0 radical (unpaired) electrons. The van der Waals surface area contributed by atoms with Crippen LogP contribution in [0.15, 0.2) is 18.3 Å². The molecule has 2 N–H and O–H groups in total. The molecule has 0 amide bonds. The first-order chi connectivity index (χ1) is 7.16. The van der Waals surface area contributed by atoms with Crippen LogP contribution in [-0.2, 0) is 6.54 Å². The molecule has 1 saturated carbocycles. The number of aromatic nitrogens is 1. The summed E-state index contributed by atoms with van der Waals surface area (Å²) in [6.45, 7) is 0.947. The third-order valence-electron chi connectivity index (χ3n) is 2.68. The number of nitrogens with two attached hydrogens (primary N) is 1. The van der Waals surface area contributed by atoms with Gasteiger partial charge < -0.3 is 5.73 Å². The molecular weight excluding hydrogens is 206 g/mol. The molecule has 1 aromatic rings. The van der Waals surface area contributed by atoms with Crippen LogP contribution in [-0.4, -0.2) is 28.0 Å². The van der Waals surface area contributed by atoms with Crippen molar-refractivity contribution in [1.82, 2.24) is 9.88 Å². The predicted octanol–water partition coefficient (Wildman–Crippen LogP) is 1.31. The molecule has 0 saturated heterocycles. The maximum Gasteiger partial charge on any atom is 0.122 e. The lowest BCUT2D eigenvalue weighted by molar-refractivity contribution is 0.316. The minimum atomic E-state index is 0.367. The average molecular weight is 221 g/mol. The molecule has 0 bridgehead atoms. The van der Waals surface area contributed by atoms with Crippen molar-refractivity contribution < 1.29 is 0 Å². The van der Waals surface area contributed by atoms with E-state index in [4.69, 9.17) is 18.0 Å². The highest BCUT2D eigenvalue weighted by Crippen LogP contribution is 2.26. The Hall–Kier alpha value is -1.00. The summed E-state index contributed by atoms with van der Waals surface area (Å²) >= 11 is 4.90. The van der Waals surface area contributed by atoms with E-state index < -0.39 is 0 Å². The van der Waals surface area contributed by atoms with E-state index in [1.165, 1.54) is 18.4 Å². The minimum Gasteiger partial charge on any atom is -0.388 e. The van der Waals surface area contributed by atoms with E-state index in [-0.39, 0.29) is 0 Å². The number of nitrogens with zero attached hydrogens (tertiary/aromatic N) is 2. The van der Waals surface area contributed by atoms with Crippen molar-refractivity contribution in [1.29, 1.82) is 0 Å². The van der Waals surface area contributed by atoms with E-state index in [2.05, 4.69) is 16.9 Å². The maximum atomic E-state index is 5.54. The van der Waals surface area contributed by atoms with Crippen molar-refractivity contribution in [2.75, 3.05) is 7.05 Å². The molecule has 2 rings (SSSR count). The topological polar surface area (TPSA) is 42.2 Å². The largest absolute Gasteiger partial charge is 0.388 e. The number of thiocarbonyl (C=S) groups is 1. The Morgan fingerprint density at radius 2 is 2.40 bits per heavy atom. The zero-order valence-electron chi connectivity index (χ0n) is 8.81. The highest BCUT2D eigenvalue weighted by molar-refractivity contribution is 7.80. The smallest absolute Gasteiger partial charge is 0.122 e. The highest BCUT2D eigenvalue weighted by Gasteiger charge is 2.25. The van der Waals surface area contributed by atoms with Gasteiger partial charge in [0.2, 0.25) is 0 Å². The van der Waals surface area contributed by atoms with E-state index in [0.29, 0.717) is 10.7 Å². The summed E-state index contributed by atoms with van der Waals surface area (Å²) in [6.07, 6.45) is 4.41. The Balaban J connectivity index is 2.07. The standard InChI is InChI=1S/C11H15N3S/c1-14(9-2-3-9)7-8-4-5-13-10(6-8)11(12)15/h4-6,9H,2-3,7H2,1H3,(H2,12,15). The molecule has 0 unspecified atom stereocenters. The monoisotopic (exact) mass is 221 g/mol. The van der Waals surface area contributed by atoms with Gasteiger partial charge in [0, 0.05) is 18.8 Å². The van der Waals surface area contributed by atoms with Crippen LogP contribution in [0.5, 0.6) is 0 Å². The molecule has 4 heteroatoms. The van der Waals surface area contributed by atoms with E-state index in [9.17, 15) is 0 Å². The molecule has 80 valence electrons. The fraction of sp³-hybridized carbons (Fsp3) is 0.455. The number of pyridine rings is 1. The second-order valence-electron chi connectivity index (χ2n) is 4.06. The van der Waals surface area contributed by atoms with Gasteiger partial charge in [-0.1, -0.05) is 12.2 Å². The van der Waals surface area contributed by atoms with Gasteiger partial charge in [0.15, 0.2) is 0 Å². The van der Waals surface area contributed by atoms with E-state index in [1.54, 1.807) is 6.20 Å². The second-order valence-corrected chi connectivity index (χ2v) is 4.50. The highest BCUT2D eigenvalue weighted by atomic mass is 32.1. The molecule has 0 spiro atoms. The van der Waals surface area contributed by atoms with Crippen LogP contribution in [0.1, 0.15) is 24.1 Å². The second kappa shape index (κ2) is 4.24. The number of hydrogen-bond donors (Lipinski definition) is 1. The Morgan fingerprint density at radius 1 is 1.67 bits per heavy atom. The summed E-state index contributed by atoms with van der Waals surface area (Å²) < 4.78 is 0. The van der Waals surface area contributed by atoms with Gasteiger partial charge in [0.05, 0.1) is 5.69 Å².